The van der Waals surface area contributed by atoms with Crippen LogP contribution in [-0.2, 0) is 0 Å². The Balaban J connectivity index is 1.81. The van der Waals surface area contributed by atoms with Crippen molar-refractivity contribution in [1.82, 2.24) is 10.6 Å². The molecule has 0 atom stereocenters. The third-order valence-corrected chi connectivity index (χ3v) is 4.00. The largest absolute Gasteiger partial charge is 0.492 e. The minimum atomic E-state index is 0.0260. The molecule has 0 bridgehead atoms. The molecule has 0 saturated heterocycles. The number of carbonyl (C=O) groups is 1. The molecule has 0 heterocycles. The lowest BCUT2D eigenvalue weighted by Gasteiger charge is -2.08. The van der Waals surface area contributed by atoms with E-state index in [0.29, 0.717) is 24.3 Å². The highest BCUT2D eigenvalue weighted by molar-refractivity contribution is 6.22. The molecular weight excluding hydrogens is 304 g/mol. The molecule has 1 aliphatic rings. The van der Waals surface area contributed by atoms with Crippen LogP contribution in [0.4, 0.5) is 0 Å². The second-order valence-electron chi connectivity index (χ2n) is 5.65. The number of fused-ring (bicyclic) bond motifs is 3. The zero-order chi connectivity index (χ0) is 16.9. The van der Waals surface area contributed by atoms with Crippen molar-refractivity contribution >= 4 is 5.78 Å². The first kappa shape index (κ1) is 16.5. The summed E-state index contributed by atoms with van der Waals surface area (Å²) in [6.45, 7) is 2.66. The van der Waals surface area contributed by atoms with Crippen LogP contribution in [0.15, 0.2) is 36.4 Å². The third kappa shape index (κ3) is 3.27. The summed E-state index contributed by atoms with van der Waals surface area (Å²) in [4.78, 5) is 12.7. The number of hydrogen-bond donors (Lipinski definition) is 2. The molecule has 0 radical (unpaired) electrons. The van der Waals surface area contributed by atoms with Gasteiger partial charge in [0, 0.05) is 24.2 Å². The number of nitrogens with one attached hydrogen (secondary N) is 2. The van der Waals surface area contributed by atoms with Gasteiger partial charge in [-0.25, -0.2) is 0 Å². The number of benzene rings is 2. The fourth-order valence-electron chi connectivity index (χ4n) is 2.76. The summed E-state index contributed by atoms with van der Waals surface area (Å²) in [5.74, 6) is 1.46. The van der Waals surface area contributed by atoms with Crippen LogP contribution in [0.25, 0.3) is 11.1 Å². The van der Waals surface area contributed by atoms with Gasteiger partial charge in [0.05, 0.1) is 0 Å². The van der Waals surface area contributed by atoms with Crippen molar-refractivity contribution in [1.29, 1.82) is 0 Å². The van der Waals surface area contributed by atoms with Crippen molar-refractivity contribution in [3.8, 4) is 22.6 Å². The van der Waals surface area contributed by atoms with E-state index in [2.05, 4.69) is 10.6 Å². The van der Waals surface area contributed by atoms with Crippen molar-refractivity contribution in [2.75, 3.05) is 40.4 Å². The van der Waals surface area contributed by atoms with Gasteiger partial charge in [-0.15, -0.1) is 0 Å². The summed E-state index contributed by atoms with van der Waals surface area (Å²) in [6, 6.07) is 11.4. The molecule has 24 heavy (non-hydrogen) atoms. The Bertz CT molecular complexity index is 682. The van der Waals surface area contributed by atoms with Gasteiger partial charge in [0.15, 0.2) is 5.78 Å². The van der Waals surface area contributed by atoms with Gasteiger partial charge in [0.1, 0.15) is 24.7 Å². The lowest BCUT2D eigenvalue weighted by molar-refractivity contribution is 0.104. The maximum absolute atomic E-state index is 12.7. The first-order chi connectivity index (χ1) is 11.7. The maximum atomic E-state index is 12.7. The molecule has 0 unspecified atom stereocenters. The van der Waals surface area contributed by atoms with E-state index in [-0.39, 0.29) is 5.78 Å². The summed E-state index contributed by atoms with van der Waals surface area (Å²) in [7, 11) is 3.75. The molecule has 0 aliphatic heterocycles. The van der Waals surface area contributed by atoms with E-state index in [1.165, 1.54) is 0 Å². The summed E-state index contributed by atoms with van der Waals surface area (Å²) in [5.41, 5.74) is 3.30. The van der Waals surface area contributed by atoms with Crippen LogP contribution < -0.4 is 20.1 Å². The van der Waals surface area contributed by atoms with Crippen molar-refractivity contribution in [3.05, 3.63) is 47.5 Å². The highest BCUT2D eigenvalue weighted by Crippen LogP contribution is 2.39. The van der Waals surface area contributed by atoms with E-state index in [0.717, 1.165) is 35.7 Å². The van der Waals surface area contributed by atoms with E-state index >= 15 is 0 Å². The molecule has 1 aliphatic carbocycles. The number of rotatable bonds is 8. The standard InChI is InChI=1S/C19H22N2O3/c1-20-7-9-23-13-3-5-15-16-6-4-14(24-10-8-21-2)12-18(16)19(22)17(15)11-13/h3-6,11-12,20-21H,7-10H2,1-2H3. The highest BCUT2D eigenvalue weighted by atomic mass is 16.5. The molecule has 126 valence electrons. The lowest BCUT2D eigenvalue weighted by Crippen LogP contribution is -2.16. The van der Waals surface area contributed by atoms with Crippen LogP contribution in [0.5, 0.6) is 11.5 Å². The Labute approximate surface area is 142 Å². The van der Waals surface area contributed by atoms with Crippen LogP contribution in [0.2, 0.25) is 0 Å². The monoisotopic (exact) mass is 326 g/mol. The normalized spacial score (nSPS) is 12.0. The molecule has 5 heteroatoms. The Hall–Kier alpha value is -2.37. The number of ether oxygens (including phenoxy) is 2. The maximum Gasteiger partial charge on any atom is 0.194 e. The van der Waals surface area contributed by atoms with Crippen LogP contribution in [0.1, 0.15) is 15.9 Å². The molecule has 0 fully saturated rings. The Morgan fingerprint density at radius 1 is 0.750 bits per heavy atom. The number of carbonyl (C=O) groups excluding carboxylic acids is 1. The molecule has 0 spiro atoms. The first-order valence-electron chi connectivity index (χ1n) is 8.12. The molecule has 0 aromatic heterocycles. The molecular formula is C19H22N2O3. The molecule has 3 rings (SSSR count). The second kappa shape index (κ2) is 7.47. The smallest absolute Gasteiger partial charge is 0.194 e. The quantitative estimate of drug-likeness (QED) is 0.621. The van der Waals surface area contributed by atoms with Gasteiger partial charge < -0.3 is 20.1 Å². The van der Waals surface area contributed by atoms with Crippen LogP contribution in [0.3, 0.4) is 0 Å². The Morgan fingerprint density at radius 3 is 1.62 bits per heavy atom. The average molecular weight is 326 g/mol. The molecule has 0 saturated carbocycles. The number of hydrogen-bond acceptors (Lipinski definition) is 5. The van der Waals surface area contributed by atoms with Crippen molar-refractivity contribution < 1.29 is 14.3 Å². The third-order valence-electron chi connectivity index (χ3n) is 4.00. The van der Waals surface area contributed by atoms with E-state index in [1.807, 2.05) is 50.5 Å². The minimum absolute atomic E-state index is 0.0260. The molecule has 2 aromatic rings. The van der Waals surface area contributed by atoms with Crippen LogP contribution >= 0.6 is 0 Å². The predicted molar refractivity (Wildman–Crippen MR) is 94.2 cm³/mol. The van der Waals surface area contributed by atoms with Crippen molar-refractivity contribution in [2.45, 2.75) is 0 Å². The lowest BCUT2D eigenvalue weighted by atomic mass is 10.1. The van der Waals surface area contributed by atoms with Gasteiger partial charge >= 0.3 is 0 Å². The topological polar surface area (TPSA) is 59.6 Å². The number of likely N-dealkylation sites (N-methyl/N-ethyl adjacent to an activating group) is 2. The predicted octanol–water partition coefficient (Wildman–Crippen LogP) is 2.09. The second-order valence-corrected chi connectivity index (χ2v) is 5.65. The number of ketones is 1. The fourth-order valence-corrected chi connectivity index (χ4v) is 2.76. The zero-order valence-corrected chi connectivity index (χ0v) is 14.0. The highest BCUT2D eigenvalue weighted by Gasteiger charge is 2.27. The summed E-state index contributed by atoms with van der Waals surface area (Å²) in [6.07, 6.45) is 0. The van der Waals surface area contributed by atoms with E-state index in [1.54, 1.807) is 0 Å². The first-order valence-corrected chi connectivity index (χ1v) is 8.12. The Morgan fingerprint density at radius 2 is 1.21 bits per heavy atom. The van der Waals surface area contributed by atoms with Crippen molar-refractivity contribution in [2.24, 2.45) is 0 Å². The van der Waals surface area contributed by atoms with Gasteiger partial charge in [-0.2, -0.15) is 0 Å². The fraction of sp³-hybridized carbons (Fsp3) is 0.316. The van der Waals surface area contributed by atoms with Crippen LogP contribution in [0, 0.1) is 0 Å². The zero-order valence-electron chi connectivity index (χ0n) is 14.0. The van der Waals surface area contributed by atoms with Gasteiger partial charge in [0.2, 0.25) is 0 Å². The van der Waals surface area contributed by atoms with Gasteiger partial charge in [-0.3, -0.25) is 4.79 Å². The summed E-state index contributed by atoms with van der Waals surface area (Å²) >= 11 is 0. The molecule has 0 amide bonds. The van der Waals surface area contributed by atoms with Gasteiger partial charge in [0.25, 0.3) is 0 Å². The van der Waals surface area contributed by atoms with E-state index < -0.39 is 0 Å². The van der Waals surface area contributed by atoms with Crippen molar-refractivity contribution in [3.63, 3.8) is 0 Å². The van der Waals surface area contributed by atoms with Crippen LogP contribution in [-0.4, -0.2) is 46.2 Å². The Kier molecular flexibility index (Phi) is 5.13. The molecule has 5 nitrogen and oxygen atoms in total. The summed E-state index contributed by atoms with van der Waals surface area (Å²) in [5, 5.41) is 6.06. The van der Waals surface area contributed by atoms with E-state index in [9.17, 15) is 4.79 Å². The SMILES string of the molecule is CNCCOc1ccc2c(c1)C(=O)c1cc(OCCNC)ccc1-2. The molecule has 2 N–H and O–H groups in total. The van der Waals surface area contributed by atoms with Gasteiger partial charge in [-0.05, 0) is 61.6 Å². The van der Waals surface area contributed by atoms with E-state index in [4.69, 9.17) is 9.47 Å². The minimum Gasteiger partial charge on any atom is -0.492 e. The molecule has 2 aromatic carbocycles. The van der Waals surface area contributed by atoms with Gasteiger partial charge in [-0.1, -0.05) is 0 Å². The average Bonchev–Trinajstić information content (AvgIpc) is 2.88. The summed E-state index contributed by atoms with van der Waals surface area (Å²) < 4.78 is 11.3.